The van der Waals surface area contributed by atoms with E-state index in [2.05, 4.69) is 10.6 Å². The van der Waals surface area contributed by atoms with Gasteiger partial charge < -0.3 is 21.1 Å². The van der Waals surface area contributed by atoms with Crippen LogP contribution in [0.25, 0.3) is 0 Å². The third-order valence-corrected chi connectivity index (χ3v) is 7.89. The molecule has 35 heavy (non-hydrogen) atoms. The average molecular weight is 475 g/mol. The number of nitrogen functional groups attached to an aromatic ring is 1. The molecule has 5 N–H and O–H groups in total. The number of alkyl carbamates (subject to hydrolysis) is 1. The first kappa shape index (κ1) is 23.4. The molecule has 4 fully saturated rings. The highest BCUT2D eigenvalue weighted by atomic mass is 16.6. The van der Waals surface area contributed by atoms with E-state index in [9.17, 15) is 9.59 Å². The number of hydrogen-bond acceptors (Lipinski definition) is 4. The summed E-state index contributed by atoms with van der Waals surface area (Å²) < 4.78 is 6.11. The molecule has 1 atom stereocenters. The van der Waals surface area contributed by atoms with E-state index in [1.54, 1.807) is 18.2 Å². The molecule has 0 spiro atoms. The summed E-state index contributed by atoms with van der Waals surface area (Å²) in [4.78, 5) is 26.3. The van der Waals surface area contributed by atoms with Crippen molar-refractivity contribution in [2.75, 3.05) is 0 Å². The Morgan fingerprint density at radius 3 is 2.23 bits per heavy atom. The monoisotopic (exact) mass is 474 g/mol. The molecule has 4 saturated carbocycles. The summed E-state index contributed by atoms with van der Waals surface area (Å²) in [6, 6.07) is 16.1. The van der Waals surface area contributed by atoms with Crippen LogP contribution in [-0.4, -0.2) is 29.5 Å². The Labute approximate surface area is 206 Å². The van der Waals surface area contributed by atoms with Crippen LogP contribution < -0.4 is 16.4 Å². The number of nitrogens with two attached hydrogens (primary N) is 1. The lowest BCUT2D eigenvalue weighted by Crippen LogP contribution is -2.55. The van der Waals surface area contributed by atoms with Crippen molar-refractivity contribution in [3.8, 4) is 0 Å². The highest BCUT2D eigenvalue weighted by molar-refractivity contribution is 5.95. The normalized spacial score (nSPS) is 27.1. The van der Waals surface area contributed by atoms with Gasteiger partial charge in [-0.3, -0.25) is 10.2 Å². The molecule has 4 aliphatic carbocycles. The van der Waals surface area contributed by atoms with Crippen LogP contribution in [0.1, 0.15) is 55.2 Å². The fraction of sp³-hybridized carbons (Fsp3) is 0.464. The number of amidine groups is 1. The first-order valence-electron chi connectivity index (χ1n) is 12.6. The number of carbonyl (C=O) groups is 2. The van der Waals surface area contributed by atoms with E-state index in [1.807, 2.05) is 36.4 Å². The van der Waals surface area contributed by atoms with Gasteiger partial charge in [-0.25, -0.2) is 4.79 Å². The van der Waals surface area contributed by atoms with Gasteiger partial charge in [0.15, 0.2) is 0 Å². The van der Waals surface area contributed by atoms with E-state index in [1.165, 1.54) is 19.3 Å². The van der Waals surface area contributed by atoms with E-state index in [-0.39, 0.29) is 23.8 Å². The molecule has 2 aromatic rings. The molecule has 2 amide bonds. The van der Waals surface area contributed by atoms with Crippen LogP contribution in [-0.2, 0) is 22.5 Å². The lowest BCUT2D eigenvalue weighted by Gasteiger charge is -2.55. The fourth-order valence-electron chi connectivity index (χ4n) is 6.74. The van der Waals surface area contributed by atoms with Crippen molar-refractivity contribution in [3.05, 3.63) is 71.3 Å². The van der Waals surface area contributed by atoms with Crippen LogP contribution >= 0.6 is 0 Å². The average Bonchev–Trinajstić information content (AvgIpc) is 2.81. The second-order valence-electron chi connectivity index (χ2n) is 10.7. The highest BCUT2D eigenvalue weighted by Gasteiger charge is 2.53. The summed E-state index contributed by atoms with van der Waals surface area (Å²) in [5.41, 5.74) is 7.65. The maximum absolute atomic E-state index is 13.2. The molecule has 0 heterocycles. The maximum atomic E-state index is 13.2. The van der Waals surface area contributed by atoms with Crippen molar-refractivity contribution in [3.63, 3.8) is 0 Å². The first-order valence-corrected chi connectivity index (χ1v) is 12.6. The van der Waals surface area contributed by atoms with Gasteiger partial charge in [0.05, 0.1) is 0 Å². The summed E-state index contributed by atoms with van der Waals surface area (Å²) in [6.07, 6.45) is 6.38. The molecule has 184 valence electrons. The number of rotatable bonds is 8. The Bertz CT molecular complexity index is 1070. The molecule has 4 aliphatic rings. The Hall–Kier alpha value is -3.35. The van der Waals surface area contributed by atoms with Crippen molar-refractivity contribution in [2.24, 2.45) is 23.5 Å². The minimum Gasteiger partial charge on any atom is -0.443 e. The van der Waals surface area contributed by atoms with Crippen molar-refractivity contribution in [2.45, 2.75) is 63.1 Å². The van der Waals surface area contributed by atoms with E-state index in [4.69, 9.17) is 15.9 Å². The summed E-state index contributed by atoms with van der Waals surface area (Å²) in [5.74, 6) is 1.67. The van der Waals surface area contributed by atoms with E-state index in [0.29, 0.717) is 29.9 Å². The molecule has 0 aromatic heterocycles. The van der Waals surface area contributed by atoms with E-state index in [0.717, 1.165) is 30.4 Å². The summed E-state index contributed by atoms with van der Waals surface area (Å²) in [6.45, 7) is 0.370. The van der Waals surface area contributed by atoms with Crippen molar-refractivity contribution >= 4 is 17.8 Å². The van der Waals surface area contributed by atoms with E-state index < -0.39 is 12.1 Å². The molecule has 2 aromatic carbocycles. The first-order chi connectivity index (χ1) is 16.9. The van der Waals surface area contributed by atoms with Gasteiger partial charge in [-0.1, -0.05) is 48.5 Å². The standard InChI is InChI=1S/C28H34N4O3/c29-25(30)23-8-4-7-19(12-23)13-24(26(33)31-17-18-5-2-1-3-6-18)32-27(34)35-28-14-20-9-21(15-28)11-22(10-20)16-28/h1-8,12,20-22,24H,9-11,13-17H2,(H3,29,30)(H,31,33)(H,32,34)/t20?,21?,22?,24-,28?/m1/s1. The number of ether oxygens (including phenoxy) is 1. The van der Waals surface area contributed by atoms with Gasteiger partial charge in [0.25, 0.3) is 0 Å². The zero-order chi connectivity index (χ0) is 24.4. The lowest BCUT2D eigenvalue weighted by molar-refractivity contribution is -0.131. The van der Waals surface area contributed by atoms with Crippen LogP contribution in [0.3, 0.4) is 0 Å². The van der Waals surface area contributed by atoms with Crippen molar-refractivity contribution in [1.29, 1.82) is 5.41 Å². The summed E-state index contributed by atoms with van der Waals surface area (Å²) in [7, 11) is 0. The molecule has 0 radical (unpaired) electrons. The Balaban J connectivity index is 1.28. The molecule has 0 aliphatic heterocycles. The molecule has 4 bridgehead atoms. The van der Waals surface area contributed by atoms with Gasteiger partial charge in [-0.15, -0.1) is 0 Å². The van der Waals surface area contributed by atoms with Gasteiger partial charge in [0.1, 0.15) is 17.5 Å². The third kappa shape index (κ3) is 5.50. The minimum absolute atomic E-state index is 0.0360. The van der Waals surface area contributed by atoms with Crippen LogP contribution in [0, 0.1) is 23.2 Å². The van der Waals surface area contributed by atoms with Gasteiger partial charge >= 0.3 is 6.09 Å². The third-order valence-electron chi connectivity index (χ3n) is 7.89. The highest BCUT2D eigenvalue weighted by Crippen LogP contribution is 2.57. The largest absolute Gasteiger partial charge is 0.443 e. The number of benzene rings is 2. The van der Waals surface area contributed by atoms with Crippen molar-refractivity contribution < 1.29 is 14.3 Å². The SMILES string of the molecule is N=C(N)c1cccc(C[C@@H](NC(=O)OC23CC4CC(CC(C4)C2)C3)C(=O)NCc2ccccc2)c1. The quantitative estimate of drug-likeness (QED) is 0.343. The topological polar surface area (TPSA) is 117 Å². The Kier molecular flexibility index (Phi) is 6.50. The predicted molar refractivity (Wildman–Crippen MR) is 134 cm³/mol. The molecule has 0 unspecified atom stereocenters. The van der Waals surface area contributed by atoms with E-state index >= 15 is 0 Å². The molecular weight excluding hydrogens is 440 g/mol. The summed E-state index contributed by atoms with van der Waals surface area (Å²) in [5, 5.41) is 13.5. The van der Waals surface area contributed by atoms with Gasteiger partial charge in [0, 0.05) is 18.5 Å². The van der Waals surface area contributed by atoms with Gasteiger partial charge in [0.2, 0.25) is 5.91 Å². The molecular formula is C28H34N4O3. The number of carbonyl (C=O) groups excluding carboxylic acids is 2. The molecule has 0 saturated heterocycles. The van der Waals surface area contributed by atoms with Crippen LogP contribution in [0.5, 0.6) is 0 Å². The molecule has 7 heteroatoms. The smallest absolute Gasteiger partial charge is 0.408 e. The zero-order valence-electron chi connectivity index (χ0n) is 20.0. The molecule has 6 rings (SSSR count). The second kappa shape index (κ2) is 9.72. The van der Waals surface area contributed by atoms with Gasteiger partial charge in [-0.2, -0.15) is 0 Å². The maximum Gasteiger partial charge on any atom is 0.408 e. The second-order valence-corrected chi connectivity index (χ2v) is 10.7. The zero-order valence-corrected chi connectivity index (χ0v) is 20.0. The lowest BCUT2D eigenvalue weighted by atomic mass is 9.54. The summed E-state index contributed by atoms with van der Waals surface area (Å²) >= 11 is 0. The van der Waals surface area contributed by atoms with Crippen LogP contribution in [0.15, 0.2) is 54.6 Å². The van der Waals surface area contributed by atoms with Gasteiger partial charge in [-0.05, 0) is 73.5 Å². The number of amides is 2. The van der Waals surface area contributed by atoms with Crippen molar-refractivity contribution in [1.82, 2.24) is 10.6 Å². The number of hydrogen-bond donors (Lipinski definition) is 4. The van der Waals surface area contributed by atoms with Crippen LogP contribution in [0.2, 0.25) is 0 Å². The predicted octanol–water partition coefficient (Wildman–Crippen LogP) is 3.89. The molecule has 7 nitrogen and oxygen atoms in total. The van der Waals surface area contributed by atoms with Crippen LogP contribution in [0.4, 0.5) is 4.79 Å². The Morgan fingerprint density at radius 1 is 0.971 bits per heavy atom. The number of nitrogens with one attached hydrogen (secondary N) is 3. The minimum atomic E-state index is -0.803. The Morgan fingerprint density at radius 2 is 1.60 bits per heavy atom. The fourth-order valence-corrected chi connectivity index (χ4v) is 6.74.